The third-order valence-electron chi connectivity index (χ3n) is 6.49. The molecule has 36 heavy (non-hydrogen) atoms. The summed E-state index contributed by atoms with van der Waals surface area (Å²) < 4.78 is 39.9. The molecule has 216 valence electrons. The van der Waals surface area contributed by atoms with E-state index in [9.17, 15) is 9.46 Å². The Bertz CT molecular complexity index is 559. The Balaban J connectivity index is 2.01. The van der Waals surface area contributed by atoms with E-state index in [0.717, 1.165) is 6.42 Å². The first-order valence-electron chi connectivity index (χ1n) is 14.4. The van der Waals surface area contributed by atoms with Crippen LogP contribution in [0.5, 0.6) is 0 Å². The van der Waals surface area contributed by atoms with Gasteiger partial charge in [-0.25, -0.2) is 0 Å². The molecule has 0 aromatic rings. The van der Waals surface area contributed by atoms with Gasteiger partial charge < -0.3 is 32.6 Å². The van der Waals surface area contributed by atoms with E-state index in [1.807, 2.05) is 21.1 Å². The molecule has 0 radical (unpaired) electrons. The highest BCUT2D eigenvalue weighted by atomic mass is 31.2. The van der Waals surface area contributed by atoms with E-state index in [4.69, 9.17) is 23.3 Å². The first-order valence-corrected chi connectivity index (χ1v) is 15.9. The van der Waals surface area contributed by atoms with Gasteiger partial charge in [0.05, 0.1) is 47.6 Å². The lowest BCUT2D eigenvalue weighted by Crippen LogP contribution is -2.44. The summed E-state index contributed by atoms with van der Waals surface area (Å²) in [6.07, 6.45) is 17.8. The van der Waals surface area contributed by atoms with E-state index in [1.165, 1.54) is 83.5 Å². The maximum Gasteiger partial charge on any atom is 0.268 e. The van der Waals surface area contributed by atoms with Gasteiger partial charge in [0.2, 0.25) is 0 Å². The second-order valence-electron chi connectivity index (χ2n) is 11.1. The molecule has 1 fully saturated rings. The van der Waals surface area contributed by atoms with Crippen LogP contribution in [0.25, 0.3) is 0 Å². The Morgan fingerprint density at radius 2 is 1.19 bits per heavy atom. The fourth-order valence-electron chi connectivity index (χ4n) is 4.15. The molecule has 9 heteroatoms. The quantitative estimate of drug-likeness (QED) is 0.0916. The Kier molecular flexibility index (Phi) is 19.7. The van der Waals surface area contributed by atoms with Crippen molar-refractivity contribution in [1.29, 1.82) is 0 Å². The number of quaternary nitrogens is 1. The number of rotatable bonds is 24. The van der Waals surface area contributed by atoms with Crippen LogP contribution >= 0.6 is 7.82 Å². The summed E-state index contributed by atoms with van der Waals surface area (Å²) >= 11 is 0. The molecule has 1 saturated heterocycles. The Morgan fingerprint density at radius 1 is 0.722 bits per heavy atom. The molecule has 0 aliphatic carbocycles. The van der Waals surface area contributed by atoms with E-state index in [1.54, 1.807) is 0 Å². The van der Waals surface area contributed by atoms with Crippen molar-refractivity contribution in [3.8, 4) is 0 Å². The van der Waals surface area contributed by atoms with Crippen molar-refractivity contribution in [2.45, 2.75) is 109 Å². The molecular formula is C27H56NO7P. The molecule has 0 N–H and O–H groups in total. The minimum atomic E-state index is -4.37. The van der Waals surface area contributed by atoms with E-state index in [0.29, 0.717) is 37.5 Å². The van der Waals surface area contributed by atoms with Crippen molar-refractivity contribution in [2.24, 2.45) is 0 Å². The lowest BCUT2D eigenvalue weighted by molar-refractivity contribution is -0.870. The summed E-state index contributed by atoms with van der Waals surface area (Å²) in [6, 6.07) is 0. The third-order valence-corrected chi connectivity index (χ3v) is 7.46. The molecule has 0 aromatic heterocycles. The third kappa shape index (κ3) is 20.0. The van der Waals surface area contributed by atoms with Crippen LogP contribution in [-0.2, 0) is 27.8 Å². The molecule has 1 unspecified atom stereocenters. The Hall–Kier alpha value is -0.0500. The average Bonchev–Trinajstić information content (AvgIpc) is 2.82. The molecule has 0 bridgehead atoms. The molecule has 8 nitrogen and oxygen atoms in total. The summed E-state index contributed by atoms with van der Waals surface area (Å²) in [5, 5.41) is 0. The highest BCUT2D eigenvalue weighted by Crippen LogP contribution is 2.38. The largest absolute Gasteiger partial charge is 0.756 e. The number of hydrogen-bond acceptors (Lipinski definition) is 7. The van der Waals surface area contributed by atoms with Crippen LogP contribution in [0.3, 0.4) is 0 Å². The van der Waals surface area contributed by atoms with Gasteiger partial charge in [-0.05, 0) is 6.42 Å². The zero-order valence-electron chi connectivity index (χ0n) is 23.8. The topological polar surface area (TPSA) is 86.3 Å². The van der Waals surface area contributed by atoms with Gasteiger partial charge in [0.15, 0.2) is 0 Å². The van der Waals surface area contributed by atoms with Crippen molar-refractivity contribution in [3.05, 3.63) is 0 Å². The number of unbranched alkanes of at least 4 members (excludes halogenated alkanes) is 13. The molecule has 0 saturated carbocycles. The standard InChI is InChI=1S/C27H56NO7P/c1-5-6-7-8-9-10-11-12-13-14-15-16-17-18-20-31-24-26-27(33-23-22-32-26)25-35-36(29,30)34-21-19-28(2,3)4/h26-27H,5-25H2,1-4H3/t26-,27-/m1/s1. The lowest BCUT2D eigenvalue weighted by Gasteiger charge is -2.33. The normalized spacial score (nSPS) is 20.5. The number of hydrogen-bond donors (Lipinski definition) is 0. The van der Waals surface area contributed by atoms with Crippen molar-refractivity contribution in [2.75, 3.05) is 67.3 Å². The number of phosphoric ester groups is 1. The Morgan fingerprint density at radius 3 is 1.69 bits per heavy atom. The van der Waals surface area contributed by atoms with Gasteiger partial charge in [-0.15, -0.1) is 0 Å². The summed E-state index contributed by atoms with van der Waals surface area (Å²) in [6.45, 7) is 4.72. The Labute approximate surface area is 221 Å². The number of ether oxygens (including phenoxy) is 3. The lowest BCUT2D eigenvalue weighted by atomic mass is 10.0. The summed E-state index contributed by atoms with van der Waals surface area (Å²) in [5.74, 6) is 0. The number of likely N-dealkylation sites (N-methyl/N-ethyl adjacent to an activating group) is 1. The second kappa shape index (κ2) is 20.9. The zero-order valence-corrected chi connectivity index (χ0v) is 24.7. The first kappa shape index (κ1) is 34.0. The predicted molar refractivity (Wildman–Crippen MR) is 143 cm³/mol. The average molecular weight is 538 g/mol. The number of phosphoric acid groups is 1. The van der Waals surface area contributed by atoms with Crippen LogP contribution in [0.15, 0.2) is 0 Å². The van der Waals surface area contributed by atoms with Crippen molar-refractivity contribution in [3.63, 3.8) is 0 Å². The van der Waals surface area contributed by atoms with E-state index >= 15 is 0 Å². The van der Waals surface area contributed by atoms with E-state index in [-0.39, 0.29) is 19.3 Å². The predicted octanol–water partition coefficient (Wildman–Crippen LogP) is 5.48. The minimum Gasteiger partial charge on any atom is -0.756 e. The van der Waals surface area contributed by atoms with Crippen LogP contribution in [0.2, 0.25) is 0 Å². The van der Waals surface area contributed by atoms with Gasteiger partial charge in [-0.2, -0.15) is 0 Å². The zero-order chi connectivity index (χ0) is 26.5. The molecule has 1 rings (SSSR count). The highest BCUT2D eigenvalue weighted by molar-refractivity contribution is 7.45. The molecule has 1 aliphatic heterocycles. The maximum absolute atomic E-state index is 12.0. The molecule has 1 aliphatic rings. The van der Waals surface area contributed by atoms with Gasteiger partial charge in [0.25, 0.3) is 7.82 Å². The van der Waals surface area contributed by atoms with Crippen LogP contribution in [0, 0.1) is 0 Å². The summed E-state index contributed by atoms with van der Waals surface area (Å²) in [4.78, 5) is 12.0. The first-order chi connectivity index (χ1) is 17.2. The van der Waals surface area contributed by atoms with Gasteiger partial charge in [0, 0.05) is 6.61 Å². The second-order valence-corrected chi connectivity index (χ2v) is 12.5. The monoisotopic (exact) mass is 537 g/mol. The van der Waals surface area contributed by atoms with Crippen LogP contribution in [0.4, 0.5) is 0 Å². The van der Waals surface area contributed by atoms with Crippen LogP contribution in [-0.4, -0.2) is 84.0 Å². The highest BCUT2D eigenvalue weighted by Gasteiger charge is 2.29. The van der Waals surface area contributed by atoms with E-state index < -0.39 is 13.9 Å². The van der Waals surface area contributed by atoms with E-state index in [2.05, 4.69) is 6.92 Å². The molecular weight excluding hydrogens is 481 g/mol. The smallest absolute Gasteiger partial charge is 0.268 e. The van der Waals surface area contributed by atoms with Gasteiger partial charge in [0.1, 0.15) is 25.4 Å². The summed E-state index contributed by atoms with van der Waals surface area (Å²) in [5.41, 5.74) is 0. The fraction of sp³-hybridized carbons (Fsp3) is 1.00. The molecule has 3 atom stereocenters. The van der Waals surface area contributed by atoms with Gasteiger partial charge >= 0.3 is 0 Å². The van der Waals surface area contributed by atoms with Gasteiger partial charge in [-0.1, -0.05) is 90.4 Å². The van der Waals surface area contributed by atoms with Crippen molar-refractivity contribution < 1.29 is 37.2 Å². The molecule has 1 heterocycles. The van der Waals surface area contributed by atoms with Crippen molar-refractivity contribution in [1.82, 2.24) is 0 Å². The molecule has 0 aromatic carbocycles. The fourth-order valence-corrected chi connectivity index (χ4v) is 4.86. The number of nitrogens with zero attached hydrogens (tertiary/aromatic N) is 1. The SMILES string of the molecule is CCCCCCCCCCCCCCCCOC[C@H]1OCCO[C@@H]1COP(=O)([O-])OCC[N+](C)(C)C. The van der Waals surface area contributed by atoms with Gasteiger partial charge in [-0.3, -0.25) is 4.57 Å². The van der Waals surface area contributed by atoms with Crippen LogP contribution < -0.4 is 4.89 Å². The minimum absolute atomic E-state index is 0.0814. The maximum atomic E-state index is 12.0. The van der Waals surface area contributed by atoms with Crippen LogP contribution in [0.1, 0.15) is 96.8 Å². The molecule has 0 amide bonds. The summed E-state index contributed by atoms with van der Waals surface area (Å²) in [7, 11) is 1.53. The van der Waals surface area contributed by atoms with Crippen molar-refractivity contribution >= 4 is 7.82 Å². The molecule has 0 spiro atoms.